The molecule has 2 aromatic heterocycles. The van der Waals surface area contributed by atoms with Crippen molar-refractivity contribution in [3.05, 3.63) is 12.7 Å². The Labute approximate surface area is 165 Å². The molecule has 4 atom stereocenters. The van der Waals surface area contributed by atoms with Gasteiger partial charge in [0.15, 0.2) is 26.0 Å². The number of hydrogen-bond donors (Lipinski definition) is 2. The van der Waals surface area contributed by atoms with Gasteiger partial charge in [0, 0.05) is 5.75 Å². The van der Waals surface area contributed by atoms with E-state index in [4.69, 9.17) is 14.9 Å². The summed E-state index contributed by atoms with van der Waals surface area (Å²) in [6, 6.07) is 0. The lowest BCUT2D eigenvalue weighted by Gasteiger charge is -2.40. The molecule has 0 aliphatic carbocycles. The Balaban J connectivity index is 1.93. The minimum absolute atomic E-state index is 0.0398. The van der Waals surface area contributed by atoms with Gasteiger partial charge < -0.3 is 20.0 Å². The van der Waals surface area contributed by atoms with E-state index in [-0.39, 0.29) is 11.1 Å². The number of nitrogen functional groups attached to an aromatic ring is 1. The van der Waals surface area contributed by atoms with E-state index in [1.54, 1.807) is 22.7 Å². The third-order valence-electron chi connectivity index (χ3n) is 5.54. The summed E-state index contributed by atoms with van der Waals surface area (Å²) < 4.78 is 14.5. The van der Waals surface area contributed by atoms with Crippen LogP contribution in [0.1, 0.15) is 27.0 Å². The van der Waals surface area contributed by atoms with Crippen molar-refractivity contribution in [2.24, 2.45) is 0 Å². The lowest BCUT2D eigenvalue weighted by atomic mass is 10.1. The van der Waals surface area contributed by atoms with Crippen LogP contribution >= 0.6 is 11.8 Å². The lowest BCUT2D eigenvalue weighted by molar-refractivity contribution is -0.0288. The molecule has 3 rings (SSSR count). The van der Waals surface area contributed by atoms with Crippen LogP contribution in [0.15, 0.2) is 12.7 Å². The van der Waals surface area contributed by atoms with Crippen LogP contribution in [0.2, 0.25) is 18.1 Å². The lowest BCUT2D eigenvalue weighted by Crippen LogP contribution is -2.49. The number of anilines is 1. The van der Waals surface area contributed by atoms with Crippen molar-refractivity contribution in [3.63, 3.8) is 0 Å². The predicted molar refractivity (Wildman–Crippen MR) is 110 cm³/mol. The molecule has 1 saturated heterocycles. The molecule has 0 amide bonds. The number of fused-ring (bicyclic) bond motifs is 1. The molecule has 2 aromatic rings. The molecule has 0 aromatic carbocycles. The summed E-state index contributed by atoms with van der Waals surface area (Å²) in [5.41, 5.74) is 6.93. The number of rotatable bonds is 5. The topological polar surface area (TPSA) is 108 Å². The zero-order chi connectivity index (χ0) is 20.0. The van der Waals surface area contributed by atoms with Crippen molar-refractivity contribution >= 4 is 37.1 Å². The number of thioether (sulfide) groups is 1. The molecule has 27 heavy (non-hydrogen) atoms. The number of nitrogens with zero attached hydrogens (tertiary/aromatic N) is 4. The van der Waals surface area contributed by atoms with E-state index in [2.05, 4.69) is 48.8 Å². The van der Waals surface area contributed by atoms with Crippen LogP contribution in [0.5, 0.6) is 0 Å². The van der Waals surface area contributed by atoms with Gasteiger partial charge in [0.2, 0.25) is 0 Å². The highest BCUT2D eigenvalue weighted by Gasteiger charge is 2.50. The number of aromatic nitrogens is 4. The molecule has 150 valence electrons. The van der Waals surface area contributed by atoms with Crippen molar-refractivity contribution in [3.8, 4) is 0 Å². The van der Waals surface area contributed by atoms with Gasteiger partial charge in [-0.3, -0.25) is 4.57 Å². The van der Waals surface area contributed by atoms with Crippen molar-refractivity contribution in [1.82, 2.24) is 19.5 Å². The SMILES string of the molecule is CSC[C@H]1O[C@@H](n2cnc3c(N)ncnc32)[C@H](O)[C@H]1O[Si](C)(C)C(C)(C)C. The van der Waals surface area contributed by atoms with Crippen molar-refractivity contribution in [2.45, 2.75) is 63.4 Å². The third-order valence-corrected chi connectivity index (χ3v) is 10.7. The summed E-state index contributed by atoms with van der Waals surface area (Å²) in [6.45, 7) is 10.9. The Hall–Kier alpha value is -1.20. The first kappa shape index (κ1) is 20.5. The standard InChI is InChI=1S/C17H29N5O3SSi/c1-17(2,3)27(5,6)25-13-10(7-26-4)24-16(12(13)23)22-9-21-11-14(18)19-8-20-15(11)22/h8-10,12-13,16,23H,7H2,1-6H3,(H2,18,19,20)/t10-,12-,13+,16-/m1/s1. The van der Waals surface area contributed by atoms with Gasteiger partial charge in [-0.15, -0.1) is 0 Å². The van der Waals surface area contributed by atoms with Gasteiger partial charge in [0.05, 0.1) is 12.4 Å². The van der Waals surface area contributed by atoms with E-state index in [0.29, 0.717) is 17.0 Å². The molecule has 1 aliphatic rings. The van der Waals surface area contributed by atoms with Crippen molar-refractivity contribution in [2.75, 3.05) is 17.7 Å². The summed E-state index contributed by atoms with van der Waals surface area (Å²) in [4.78, 5) is 12.5. The maximum absolute atomic E-state index is 11.1. The largest absolute Gasteiger partial charge is 0.408 e. The van der Waals surface area contributed by atoms with Gasteiger partial charge in [0.1, 0.15) is 24.1 Å². The molecule has 1 fully saturated rings. The first-order valence-corrected chi connectivity index (χ1v) is 13.3. The zero-order valence-corrected chi connectivity index (χ0v) is 18.5. The second-order valence-corrected chi connectivity index (χ2v) is 14.1. The Morgan fingerprint density at radius 3 is 2.67 bits per heavy atom. The Bertz CT molecular complexity index is 809. The van der Waals surface area contributed by atoms with Crippen molar-refractivity contribution < 1.29 is 14.3 Å². The number of aliphatic hydroxyl groups is 1. The van der Waals surface area contributed by atoms with E-state index in [1.165, 1.54) is 6.33 Å². The number of aliphatic hydroxyl groups excluding tert-OH is 1. The highest BCUT2D eigenvalue weighted by Crippen LogP contribution is 2.42. The summed E-state index contributed by atoms with van der Waals surface area (Å²) in [5, 5.41) is 11.2. The Morgan fingerprint density at radius 1 is 1.33 bits per heavy atom. The van der Waals surface area contributed by atoms with E-state index in [0.717, 1.165) is 5.75 Å². The highest BCUT2D eigenvalue weighted by atomic mass is 32.2. The summed E-state index contributed by atoms with van der Waals surface area (Å²) in [5.74, 6) is 1.04. The summed E-state index contributed by atoms with van der Waals surface area (Å²) in [6.07, 6.45) is 2.92. The minimum Gasteiger partial charge on any atom is -0.408 e. The number of imidazole rings is 1. The number of hydrogen-bond acceptors (Lipinski definition) is 8. The maximum Gasteiger partial charge on any atom is 0.192 e. The second kappa shape index (κ2) is 7.32. The number of nitrogens with two attached hydrogens (primary N) is 1. The van der Waals surface area contributed by atoms with E-state index >= 15 is 0 Å². The molecule has 1 aliphatic heterocycles. The van der Waals surface area contributed by atoms with Crippen LogP contribution in [0, 0.1) is 0 Å². The van der Waals surface area contributed by atoms with Crippen molar-refractivity contribution in [1.29, 1.82) is 0 Å². The van der Waals surface area contributed by atoms with Gasteiger partial charge in [-0.1, -0.05) is 20.8 Å². The Kier molecular flexibility index (Phi) is 5.57. The molecule has 10 heteroatoms. The maximum atomic E-state index is 11.1. The fraction of sp³-hybridized carbons (Fsp3) is 0.706. The van der Waals surface area contributed by atoms with E-state index in [1.807, 2.05) is 6.26 Å². The van der Waals surface area contributed by atoms with Crippen LogP contribution in [0.4, 0.5) is 5.82 Å². The van der Waals surface area contributed by atoms with Gasteiger partial charge in [-0.2, -0.15) is 11.8 Å². The molecule has 0 spiro atoms. The van der Waals surface area contributed by atoms with E-state index in [9.17, 15) is 5.11 Å². The smallest absolute Gasteiger partial charge is 0.192 e. The molecule has 3 heterocycles. The minimum atomic E-state index is -2.08. The molecule has 0 unspecified atom stereocenters. The molecule has 3 N–H and O–H groups in total. The average molecular weight is 412 g/mol. The average Bonchev–Trinajstić information content (AvgIpc) is 3.11. The van der Waals surface area contributed by atoms with Crippen LogP contribution in [-0.4, -0.2) is 63.3 Å². The molecule has 0 bridgehead atoms. The fourth-order valence-corrected chi connectivity index (χ4v) is 4.89. The molecular weight excluding hydrogens is 382 g/mol. The third kappa shape index (κ3) is 3.73. The summed E-state index contributed by atoms with van der Waals surface area (Å²) in [7, 11) is -2.08. The molecule has 0 radical (unpaired) electrons. The van der Waals surface area contributed by atoms with Crippen LogP contribution in [0.3, 0.4) is 0 Å². The van der Waals surface area contributed by atoms with Gasteiger partial charge in [-0.05, 0) is 24.4 Å². The van der Waals surface area contributed by atoms with Gasteiger partial charge >= 0.3 is 0 Å². The summed E-state index contributed by atoms with van der Waals surface area (Å²) >= 11 is 1.67. The normalized spacial score (nSPS) is 26.8. The number of ether oxygens (including phenoxy) is 1. The first-order valence-electron chi connectivity index (χ1n) is 9.00. The van der Waals surface area contributed by atoms with E-state index < -0.39 is 26.8 Å². The molecule has 8 nitrogen and oxygen atoms in total. The quantitative estimate of drug-likeness (QED) is 0.722. The van der Waals surface area contributed by atoms with Crippen LogP contribution < -0.4 is 5.73 Å². The zero-order valence-electron chi connectivity index (χ0n) is 16.7. The van der Waals surface area contributed by atoms with Crippen LogP contribution in [-0.2, 0) is 9.16 Å². The highest BCUT2D eigenvalue weighted by molar-refractivity contribution is 7.98. The second-order valence-electron chi connectivity index (χ2n) is 8.44. The monoisotopic (exact) mass is 411 g/mol. The van der Waals surface area contributed by atoms with Crippen LogP contribution in [0.25, 0.3) is 11.2 Å². The Morgan fingerprint density at radius 2 is 2.04 bits per heavy atom. The molecule has 0 saturated carbocycles. The first-order chi connectivity index (χ1) is 12.6. The fourth-order valence-electron chi connectivity index (χ4n) is 2.97. The predicted octanol–water partition coefficient (Wildman–Crippen LogP) is 2.42. The van der Waals surface area contributed by atoms with Gasteiger partial charge in [0.25, 0.3) is 0 Å². The van der Waals surface area contributed by atoms with Gasteiger partial charge in [-0.25, -0.2) is 15.0 Å². The molecular formula is C17H29N5O3SSi.